The van der Waals surface area contributed by atoms with E-state index in [2.05, 4.69) is 0 Å². The molecule has 3 aliphatic carbocycles. The first kappa shape index (κ1) is 27.0. The van der Waals surface area contributed by atoms with Crippen molar-refractivity contribution in [2.24, 2.45) is 22.7 Å². The summed E-state index contributed by atoms with van der Waals surface area (Å²) in [5.74, 6) is -0.313. The maximum Gasteiger partial charge on any atom is 0.429 e. The Balaban J connectivity index is 1.99. The van der Waals surface area contributed by atoms with Crippen molar-refractivity contribution in [1.29, 1.82) is 0 Å². The minimum Gasteiger partial charge on any atom is -0.393 e. The van der Waals surface area contributed by atoms with E-state index in [1.165, 1.54) is 0 Å². The highest BCUT2D eigenvalue weighted by atomic mass is 19.4. The van der Waals surface area contributed by atoms with Gasteiger partial charge in [0, 0.05) is 8.22 Å². The van der Waals surface area contributed by atoms with E-state index >= 15 is 0 Å². The Morgan fingerprint density at radius 1 is 0.952 bits per heavy atom. The predicted octanol–water partition coefficient (Wildman–Crippen LogP) is 7.71. The van der Waals surface area contributed by atoms with E-state index in [-0.39, 0.29) is 37.2 Å². The molecule has 42 heavy (non-hydrogen) atoms. The normalized spacial score (nSPS) is 35.0. The highest BCUT2D eigenvalue weighted by Gasteiger charge is 2.69. The number of aliphatic hydroxyl groups excluding tert-OH is 2. The first-order valence-electron chi connectivity index (χ1n) is 17.6. The molecule has 0 heterocycles. The van der Waals surface area contributed by atoms with Crippen molar-refractivity contribution in [1.82, 2.24) is 0 Å². The summed E-state index contributed by atoms with van der Waals surface area (Å²) in [6.07, 6.45) is -5.93. The Bertz CT molecular complexity index is 1190. The van der Waals surface area contributed by atoms with E-state index in [0.29, 0.717) is 44.6 Å². The summed E-state index contributed by atoms with van der Waals surface area (Å²) in [4.78, 5) is 0. The lowest BCUT2D eigenvalue weighted by Gasteiger charge is -2.49. The van der Waals surface area contributed by atoms with Crippen LogP contribution in [0.2, 0.25) is 0 Å². The largest absolute Gasteiger partial charge is 0.429 e. The fourth-order valence-electron chi connectivity index (χ4n) is 7.93. The zero-order valence-electron chi connectivity index (χ0n) is 30.2. The Kier molecular flexibility index (Phi) is 8.07. The van der Waals surface area contributed by atoms with Gasteiger partial charge in [-0.2, -0.15) is 26.3 Å². The van der Waals surface area contributed by atoms with E-state index in [9.17, 15) is 46.8 Å². The van der Waals surface area contributed by atoms with Crippen molar-refractivity contribution in [3.8, 4) is 0 Å². The molecule has 4 N–H and O–H groups in total. The summed E-state index contributed by atoms with van der Waals surface area (Å²) in [7, 11) is 0. The molecule has 10 heteroatoms. The van der Waals surface area contributed by atoms with E-state index < -0.39 is 66.7 Å². The maximum atomic E-state index is 13.5. The van der Waals surface area contributed by atoms with Gasteiger partial charge in [0.15, 0.2) is 0 Å². The molecule has 1 unspecified atom stereocenters. The van der Waals surface area contributed by atoms with Crippen LogP contribution in [0.3, 0.4) is 0 Å². The predicted molar refractivity (Wildman–Crippen MR) is 149 cm³/mol. The number of halogens is 6. The molecule has 0 spiro atoms. The van der Waals surface area contributed by atoms with Gasteiger partial charge in [0.1, 0.15) is 0 Å². The summed E-state index contributed by atoms with van der Waals surface area (Å²) in [5, 5.41) is 40.7. The Labute approximate surface area is 254 Å². The van der Waals surface area contributed by atoms with E-state index in [1.54, 1.807) is 6.92 Å². The number of aliphatic hydroxyl groups is 4. The lowest BCUT2D eigenvalue weighted by molar-refractivity contribution is -0.347. The molecule has 0 aromatic carbocycles. The molecular formula is C32H48F6O4. The van der Waals surface area contributed by atoms with Gasteiger partial charge in [-0.1, -0.05) is 49.6 Å². The van der Waals surface area contributed by atoms with Crippen LogP contribution in [0.5, 0.6) is 0 Å². The van der Waals surface area contributed by atoms with Crippen LogP contribution in [0, 0.1) is 22.7 Å². The molecule has 3 saturated carbocycles. The highest BCUT2D eigenvalue weighted by Crippen LogP contribution is 2.64. The fourth-order valence-corrected chi connectivity index (χ4v) is 7.93. The standard InChI is InChI=1S/C32H48F6O4/c1-27(2,41)13-6-14-28(3,15-7-17-30(42,31(33,34)35)32(36,37)38)26-12-11-25-22(8-5-16-29(25,26)4)10-9-21-18-23(39)20-24(40)19-21/h7,9-10,17,23-26,39-42H,5-6,8,11-16,18-20H2,1-4H3/b17-7+,22-10+/t23-,24-,25?,26-,28-,29+/m1/s1/i1D3,2D3. The van der Waals surface area contributed by atoms with Crippen LogP contribution in [0.25, 0.3) is 0 Å². The third-order valence-electron chi connectivity index (χ3n) is 9.97. The van der Waals surface area contributed by atoms with Gasteiger partial charge in [0.25, 0.3) is 5.60 Å². The lowest BCUT2D eigenvalue weighted by atomic mass is 9.55. The molecule has 0 aromatic rings. The van der Waals surface area contributed by atoms with E-state index in [1.807, 2.05) is 19.1 Å². The molecule has 6 atom stereocenters. The average molecular weight is 617 g/mol. The topological polar surface area (TPSA) is 80.9 Å². The number of rotatable bonds is 9. The third-order valence-corrected chi connectivity index (χ3v) is 9.97. The quantitative estimate of drug-likeness (QED) is 0.158. The van der Waals surface area contributed by atoms with Crippen LogP contribution in [0.1, 0.15) is 113 Å². The first-order valence-corrected chi connectivity index (χ1v) is 14.6. The van der Waals surface area contributed by atoms with Crippen LogP contribution < -0.4 is 0 Å². The molecule has 0 radical (unpaired) electrons. The maximum absolute atomic E-state index is 13.5. The summed E-state index contributed by atoms with van der Waals surface area (Å²) < 4.78 is 127. The van der Waals surface area contributed by atoms with Crippen molar-refractivity contribution in [2.75, 3.05) is 0 Å². The average Bonchev–Trinajstić information content (AvgIpc) is 3.27. The Morgan fingerprint density at radius 3 is 2.14 bits per heavy atom. The van der Waals surface area contributed by atoms with Gasteiger partial charge in [-0.25, -0.2) is 0 Å². The second kappa shape index (κ2) is 12.6. The molecule has 0 saturated heterocycles. The summed E-state index contributed by atoms with van der Waals surface area (Å²) in [6.45, 7) is -2.90. The van der Waals surface area contributed by atoms with Gasteiger partial charge in [-0.05, 0) is 113 Å². The highest BCUT2D eigenvalue weighted by molar-refractivity contribution is 5.27. The van der Waals surface area contributed by atoms with Crippen LogP contribution >= 0.6 is 0 Å². The van der Waals surface area contributed by atoms with Crippen LogP contribution in [-0.4, -0.2) is 56.2 Å². The molecule has 0 bridgehead atoms. The van der Waals surface area contributed by atoms with Gasteiger partial charge in [-0.3, -0.25) is 0 Å². The van der Waals surface area contributed by atoms with Gasteiger partial charge in [-0.15, -0.1) is 0 Å². The van der Waals surface area contributed by atoms with Crippen molar-refractivity contribution < 1.29 is 55.0 Å². The third kappa shape index (κ3) is 7.83. The summed E-state index contributed by atoms with van der Waals surface area (Å²) in [6, 6.07) is 0. The Hall–Kier alpha value is -1.36. The van der Waals surface area contributed by atoms with Crippen LogP contribution in [0.15, 0.2) is 35.5 Å². The number of hydrogen-bond acceptors (Lipinski definition) is 4. The van der Waals surface area contributed by atoms with E-state index in [4.69, 9.17) is 8.22 Å². The van der Waals surface area contributed by atoms with Gasteiger partial charge in [0.2, 0.25) is 0 Å². The van der Waals surface area contributed by atoms with E-state index in [0.717, 1.165) is 24.0 Å². The number of allylic oxidation sites excluding steroid dienone is 4. The number of fused-ring (bicyclic) bond motifs is 1. The van der Waals surface area contributed by atoms with Crippen molar-refractivity contribution >= 4 is 0 Å². The van der Waals surface area contributed by atoms with Crippen molar-refractivity contribution in [3.63, 3.8) is 0 Å². The second-order valence-corrected chi connectivity index (χ2v) is 13.3. The molecule has 242 valence electrons. The molecular weight excluding hydrogens is 562 g/mol. The van der Waals surface area contributed by atoms with Crippen LogP contribution in [-0.2, 0) is 0 Å². The zero-order chi connectivity index (χ0) is 36.8. The molecule has 0 amide bonds. The molecule has 0 aliphatic heterocycles. The second-order valence-electron chi connectivity index (χ2n) is 13.3. The minimum absolute atomic E-state index is 0.00110. The summed E-state index contributed by atoms with van der Waals surface area (Å²) in [5.41, 5.74) is -7.75. The molecule has 3 rings (SSSR count). The molecule has 0 aromatic heterocycles. The number of hydrogen-bond donors (Lipinski definition) is 4. The van der Waals surface area contributed by atoms with Gasteiger partial charge >= 0.3 is 12.4 Å². The smallest absolute Gasteiger partial charge is 0.393 e. The van der Waals surface area contributed by atoms with Crippen molar-refractivity contribution in [2.45, 2.75) is 140 Å². The van der Waals surface area contributed by atoms with Gasteiger partial charge < -0.3 is 20.4 Å². The minimum atomic E-state index is -6.06. The van der Waals surface area contributed by atoms with Crippen molar-refractivity contribution in [3.05, 3.63) is 35.5 Å². The zero-order valence-corrected chi connectivity index (χ0v) is 24.2. The molecule has 4 nitrogen and oxygen atoms in total. The number of alkyl halides is 6. The SMILES string of the molecule is [2H]C([2H])([2H])C(O)(CCC[C@](C)(C/C=C/C(O)(C(F)(F)F)C(F)(F)F)[C@H]1CCC2/C(=C/C=C3C[C@@H](O)C[C@H](O)C3)CCC[C@@]21C)C([2H])([2H])[2H]. The fraction of sp³-hybridized carbons (Fsp3) is 0.812. The van der Waals surface area contributed by atoms with Gasteiger partial charge in [0.05, 0.1) is 17.8 Å². The molecule has 3 fully saturated rings. The molecule has 3 aliphatic rings. The lowest BCUT2D eigenvalue weighted by Crippen LogP contribution is -2.55. The van der Waals surface area contributed by atoms with Crippen LogP contribution in [0.4, 0.5) is 26.3 Å². The monoisotopic (exact) mass is 616 g/mol. The first-order chi connectivity index (χ1) is 21.6. The Morgan fingerprint density at radius 2 is 1.57 bits per heavy atom. The summed E-state index contributed by atoms with van der Waals surface area (Å²) >= 11 is 0.